The van der Waals surface area contributed by atoms with Crippen LogP contribution in [-0.4, -0.2) is 119 Å². The van der Waals surface area contributed by atoms with Gasteiger partial charge >= 0.3 is 5.97 Å². The lowest BCUT2D eigenvalue weighted by atomic mass is 9.75. The first kappa shape index (κ1) is 55.1. The SMILES string of the molecule is COCC[N+]1=C(/C=C/C=C/C=C/C=C2/N(CCCCCC(=O)O)c3ccc4c(S(=O)(=O)O)cc(S(=O)(=O)O)cc4c3C2(C)CCCS(=O)(=O)O)C(C)(C)c2c1ccc1c(S(=O)(=O)O)cc(S(=O)(=O)O)cc21. The van der Waals surface area contributed by atoms with Crippen molar-refractivity contribution in [3.8, 4) is 0 Å². The number of hydrogen-bond donors (Lipinski definition) is 6. The van der Waals surface area contributed by atoms with E-state index in [4.69, 9.17) is 4.74 Å². The van der Waals surface area contributed by atoms with Crippen LogP contribution in [0.2, 0.25) is 0 Å². The molecule has 0 aromatic heterocycles. The third kappa shape index (κ3) is 11.9. The molecule has 1 atom stereocenters. The molecule has 2 aliphatic rings. The molecular weight excluding hydrogens is 1030 g/mol. The van der Waals surface area contributed by atoms with Gasteiger partial charge in [-0.2, -0.15) is 46.7 Å². The lowest BCUT2D eigenvalue weighted by Gasteiger charge is -2.31. The van der Waals surface area contributed by atoms with Gasteiger partial charge in [-0.25, -0.2) is 0 Å². The first-order valence-corrected chi connectivity index (χ1v) is 29.1. The summed E-state index contributed by atoms with van der Waals surface area (Å²) in [6.07, 6.45) is 13.0. The molecule has 25 heteroatoms. The molecule has 1 unspecified atom stereocenters. The predicted molar refractivity (Wildman–Crippen MR) is 264 cm³/mol. The van der Waals surface area contributed by atoms with Gasteiger partial charge in [-0.1, -0.05) is 42.9 Å². The van der Waals surface area contributed by atoms with Crippen LogP contribution in [0.25, 0.3) is 21.5 Å². The number of hydrogen-bond acceptors (Lipinski definition) is 13. The number of anilines is 1. The standard InChI is InChI=1S/C46H52N2O18S5/c1-45(2)40(48(23-24-66-4)36-19-17-32-34(43(36)45)26-30(68(54,55)56)28-38(32)70(60,61)62)14-9-6-5-7-10-15-41-46(3,21-13-25-67(51,52)53)44-35-27-31(69(57,58)59)29-39(71(63,64)65)33(35)18-20-37(44)47(41)22-12-8-11-16-42(49)50/h5-7,9-10,14-15,17-20,26-29H,8,11-13,16,21-25H2,1-4H3,(H5-,49,50,51,52,53,54,55,56,57,58,59,60,61,62,63,64,65)/p+1. The number of carbonyl (C=O) groups is 1. The fraction of sp³-hybridized carbons (Fsp3) is 0.348. The second-order valence-corrected chi connectivity index (χ2v) is 25.0. The van der Waals surface area contributed by atoms with Crippen LogP contribution in [0.1, 0.15) is 70.4 Å². The molecule has 2 heterocycles. The van der Waals surface area contributed by atoms with Crippen molar-refractivity contribution in [3.63, 3.8) is 0 Å². The fourth-order valence-electron chi connectivity index (χ4n) is 9.60. The molecule has 0 saturated carbocycles. The van der Waals surface area contributed by atoms with Gasteiger partial charge in [0.05, 0.1) is 21.0 Å². The predicted octanol–water partition coefficient (Wildman–Crippen LogP) is 6.65. The van der Waals surface area contributed by atoms with E-state index in [2.05, 4.69) is 0 Å². The van der Waals surface area contributed by atoms with Crippen LogP contribution in [-0.2, 0) is 71.0 Å². The Morgan fingerprint density at radius 2 is 1.21 bits per heavy atom. The third-order valence-electron chi connectivity index (χ3n) is 12.6. The molecule has 0 radical (unpaired) electrons. The third-order valence-corrected chi connectivity index (χ3v) is 16.9. The Labute approximate surface area is 412 Å². The molecule has 6 rings (SSSR count). The fourth-order valence-corrected chi connectivity index (χ4v) is 12.8. The number of fused-ring (bicyclic) bond motifs is 6. The monoisotopic (exact) mass is 1080 g/mol. The minimum Gasteiger partial charge on any atom is -0.481 e. The van der Waals surface area contributed by atoms with Crippen molar-refractivity contribution in [3.05, 3.63) is 108 Å². The number of nitrogens with zero attached hydrogens (tertiary/aromatic N) is 2. The number of methoxy groups -OCH3 is 1. The number of ether oxygens (including phenoxy) is 1. The van der Waals surface area contributed by atoms with E-state index in [-0.39, 0.29) is 54.0 Å². The van der Waals surface area contributed by atoms with E-state index in [9.17, 15) is 74.8 Å². The second kappa shape index (κ2) is 20.4. The van der Waals surface area contributed by atoms with Crippen molar-refractivity contribution >= 4 is 95.2 Å². The molecule has 0 bridgehead atoms. The normalized spacial score (nSPS) is 18.3. The van der Waals surface area contributed by atoms with Crippen LogP contribution in [0.5, 0.6) is 0 Å². The number of carboxylic acids is 1. The Morgan fingerprint density at radius 1 is 0.662 bits per heavy atom. The molecule has 2 aliphatic heterocycles. The number of aliphatic carboxylic acids is 1. The van der Waals surface area contributed by atoms with Crippen LogP contribution in [0, 0.1) is 0 Å². The van der Waals surface area contributed by atoms with Gasteiger partial charge in [-0.3, -0.25) is 27.6 Å². The number of unbranched alkanes of at least 4 members (excludes halogenated alkanes) is 2. The van der Waals surface area contributed by atoms with Crippen LogP contribution in [0.4, 0.5) is 11.4 Å². The van der Waals surface area contributed by atoms with E-state index in [1.165, 1.54) is 19.2 Å². The average molecular weight is 1080 g/mol. The van der Waals surface area contributed by atoms with Crippen molar-refractivity contribution in [2.75, 3.05) is 37.5 Å². The lowest BCUT2D eigenvalue weighted by molar-refractivity contribution is -0.441. The summed E-state index contributed by atoms with van der Waals surface area (Å²) in [4.78, 5) is 10.0. The molecule has 20 nitrogen and oxygen atoms in total. The highest BCUT2D eigenvalue weighted by Crippen LogP contribution is 2.54. The molecule has 6 N–H and O–H groups in total. The first-order valence-electron chi connectivity index (χ1n) is 21.8. The molecule has 4 aromatic carbocycles. The van der Waals surface area contributed by atoms with Crippen molar-refractivity contribution in [2.45, 2.75) is 89.7 Å². The van der Waals surface area contributed by atoms with Crippen molar-refractivity contribution in [2.24, 2.45) is 0 Å². The Hall–Kier alpha value is -5.19. The van der Waals surface area contributed by atoms with Crippen LogP contribution >= 0.6 is 0 Å². The minimum atomic E-state index is -5.09. The molecule has 0 spiro atoms. The zero-order valence-electron chi connectivity index (χ0n) is 38.7. The second-order valence-electron chi connectivity index (χ2n) is 17.8. The van der Waals surface area contributed by atoms with E-state index < -0.39 is 92.7 Å². The molecule has 4 aromatic rings. The van der Waals surface area contributed by atoms with Crippen molar-refractivity contribution < 1.29 is 84.1 Å². The van der Waals surface area contributed by atoms with Gasteiger partial charge in [-0.05, 0) is 105 Å². The number of allylic oxidation sites excluding steroid dienone is 8. The highest BCUT2D eigenvalue weighted by atomic mass is 32.2. The van der Waals surface area contributed by atoms with Gasteiger partial charge < -0.3 is 14.7 Å². The Morgan fingerprint density at radius 3 is 1.75 bits per heavy atom. The Kier molecular flexibility index (Phi) is 15.8. The molecule has 384 valence electrons. The highest BCUT2D eigenvalue weighted by Gasteiger charge is 2.47. The van der Waals surface area contributed by atoms with Gasteiger partial charge in [0.25, 0.3) is 50.6 Å². The maximum atomic E-state index is 12.7. The summed E-state index contributed by atoms with van der Waals surface area (Å²) in [6, 6.07) is 9.53. The Balaban J connectivity index is 1.44. The van der Waals surface area contributed by atoms with E-state index in [1.54, 1.807) is 61.6 Å². The van der Waals surface area contributed by atoms with Crippen LogP contribution in [0.3, 0.4) is 0 Å². The highest BCUT2D eigenvalue weighted by molar-refractivity contribution is 7.87. The first-order chi connectivity index (χ1) is 32.8. The summed E-state index contributed by atoms with van der Waals surface area (Å²) in [5, 5.41) is 9.31. The summed E-state index contributed by atoms with van der Waals surface area (Å²) in [7, 11) is -23.0. The number of rotatable bonds is 21. The van der Waals surface area contributed by atoms with Crippen molar-refractivity contribution in [1.29, 1.82) is 0 Å². The van der Waals surface area contributed by atoms with E-state index >= 15 is 0 Å². The minimum absolute atomic E-state index is 0.00710. The zero-order valence-corrected chi connectivity index (χ0v) is 42.8. The molecule has 0 saturated heterocycles. The smallest absolute Gasteiger partial charge is 0.303 e. The molecular formula is C46H53N2O18S5+. The van der Waals surface area contributed by atoms with Gasteiger partial charge in [0.1, 0.15) is 16.4 Å². The van der Waals surface area contributed by atoms with E-state index in [1.807, 2.05) is 23.3 Å². The Bertz CT molecular complexity index is 3580. The zero-order chi connectivity index (χ0) is 52.7. The van der Waals surface area contributed by atoms with Gasteiger partial charge in [0, 0.05) is 65.4 Å². The maximum absolute atomic E-state index is 12.7. The van der Waals surface area contributed by atoms with Gasteiger partial charge in [0.15, 0.2) is 12.3 Å². The summed E-state index contributed by atoms with van der Waals surface area (Å²) >= 11 is 0. The largest absolute Gasteiger partial charge is 0.481 e. The molecule has 0 amide bonds. The van der Waals surface area contributed by atoms with Gasteiger partial charge in [0.2, 0.25) is 5.69 Å². The van der Waals surface area contributed by atoms with Crippen LogP contribution in [0.15, 0.2) is 116 Å². The molecule has 0 fully saturated rings. The summed E-state index contributed by atoms with van der Waals surface area (Å²) in [6.45, 7) is 6.20. The molecule has 0 aliphatic carbocycles. The quantitative estimate of drug-likeness (QED) is 0.0220. The lowest BCUT2D eigenvalue weighted by Crippen LogP contribution is -2.30. The molecule has 71 heavy (non-hydrogen) atoms. The van der Waals surface area contributed by atoms with Crippen molar-refractivity contribution in [1.82, 2.24) is 0 Å². The summed E-state index contributed by atoms with van der Waals surface area (Å²) < 4.78 is 181. The topological polar surface area (TPSA) is 325 Å². The van der Waals surface area contributed by atoms with Gasteiger partial charge in [-0.15, -0.1) is 0 Å². The average Bonchev–Trinajstić information content (AvgIpc) is 3.61. The van der Waals surface area contributed by atoms with E-state index in [0.717, 1.165) is 12.1 Å². The van der Waals surface area contributed by atoms with Crippen LogP contribution < -0.4 is 4.90 Å². The number of carboxylic acid groups (broad SMARTS) is 1. The van der Waals surface area contributed by atoms with E-state index in [0.29, 0.717) is 71.9 Å². The maximum Gasteiger partial charge on any atom is 0.303 e. The summed E-state index contributed by atoms with van der Waals surface area (Å²) in [5.74, 6) is -1.64. The number of benzene rings is 4. The summed E-state index contributed by atoms with van der Waals surface area (Å²) in [5.41, 5.74) is 0.880.